The molecule has 3 aromatic rings. The highest BCUT2D eigenvalue weighted by atomic mass is 32.1. The molecule has 0 fully saturated rings. The smallest absolute Gasteiger partial charge is 0.255 e. The second kappa shape index (κ2) is 6.03. The van der Waals surface area contributed by atoms with Gasteiger partial charge in [0.1, 0.15) is 5.60 Å². The Kier molecular flexibility index (Phi) is 4.19. The summed E-state index contributed by atoms with van der Waals surface area (Å²) < 4.78 is 2.81. The van der Waals surface area contributed by atoms with Crippen LogP contribution in [0.1, 0.15) is 33.5 Å². The van der Waals surface area contributed by atoms with Crippen molar-refractivity contribution < 1.29 is 9.90 Å². The number of nitrogens with zero attached hydrogens (tertiary/aromatic N) is 2. The van der Waals surface area contributed by atoms with E-state index in [-0.39, 0.29) is 12.5 Å². The molecule has 0 aliphatic heterocycles. The van der Waals surface area contributed by atoms with E-state index in [1.165, 1.54) is 0 Å². The number of aliphatic hydroxyl groups is 1. The van der Waals surface area contributed by atoms with Crippen LogP contribution in [0.3, 0.4) is 0 Å². The first-order chi connectivity index (χ1) is 11.3. The van der Waals surface area contributed by atoms with Crippen LogP contribution in [0, 0.1) is 13.8 Å². The van der Waals surface area contributed by atoms with Crippen LogP contribution in [0.15, 0.2) is 30.3 Å². The van der Waals surface area contributed by atoms with Gasteiger partial charge in [0.2, 0.25) is 0 Å². The van der Waals surface area contributed by atoms with Crippen molar-refractivity contribution in [2.24, 2.45) is 7.05 Å². The van der Waals surface area contributed by atoms with Crippen LogP contribution in [0.5, 0.6) is 0 Å². The number of benzene rings is 1. The van der Waals surface area contributed by atoms with E-state index in [0.717, 1.165) is 20.7 Å². The molecule has 0 saturated carbocycles. The molecule has 126 valence electrons. The van der Waals surface area contributed by atoms with Gasteiger partial charge in [0.25, 0.3) is 5.91 Å². The summed E-state index contributed by atoms with van der Waals surface area (Å²) in [6.45, 7) is 5.54. The number of aromatic nitrogens is 2. The number of thiophene rings is 1. The number of carbonyl (C=O) groups is 1. The summed E-state index contributed by atoms with van der Waals surface area (Å²) in [6.07, 6.45) is 0. The third kappa shape index (κ3) is 2.95. The predicted octanol–water partition coefficient (Wildman–Crippen LogP) is 2.89. The van der Waals surface area contributed by atoms with E-state index in [1.807, 2.05) is 51.2 Å². The van der Waals surface area contributed by atoms with Gasteiger partial charge in [-0.3, -0.25) is 9.48 Å². The van der Waals surface area contributed by atoms with Crippen molar-refractivity contribution in [3.63, 3.8) is 0 Å². The van der Waals surface area contributed by atoms with Crippen LogP contribution >= 0.6 is 11.3 Å². The normalized spacial score (nSPS) is 13.9. The standard InChI is InChI=1S/C18H21N3O2S/c1-11-16(12(2)21(4)20-11)17(22)19-10-18(3,23)15-9-13-7-5-6-8-14(13)24-15/h5-9,23H,10H2,1-4H3,(H,19,22)/t18-/m0/s1. The molecule has 0 radical (unpaired) electrons. The average Bonchev–Trinajstić information content (AvgIpc) is 3.07. The van der Waals surface area contributed by atoms with Gasteiger partial charge < -0.3 is 10.4 Å². The van der Waals surface area contributed by atoms with Gasteiger partial charge in [-0.1, -0.05) is 18.2 Å². The van der Waals surface area contributed by atoms with Gasteiger partial charge in [-0.25, -0.2) is 0 Å². The van der Waals surface area contributed by atoms with Crippen molar-refractivity contribution in [2.45, 2.75) is 26.4 Å². The summed E-state index contributed by atoms with van der Waals surface area (Å²) >= 11 is 1.54. The minimum absolute atomic E-state index is 0.145. The summed E-state index contributed by atoms with van der Waals surface area (Å²) in [6, 6.07) is 9.98. The van der Waals surface area contributed by atoms with Crippen molar-refractivity contribution in [1.82, 2.24) is 15.1 Å². The molecular weight excluding hydrogens is 322 g/mol. The number of aryl methyl sites for hydroxylation is 2. The Morgan fingerprint density at radius 1 is 1.38 bits per heavy atom. The van der Waals surface area contributed by atoms with Gasteiger partial charge in [-0.05, 0) is 38.3 Å². The minimum atomic E-state index is -1.12. The van der Waals surface area contributed by atoms with E-state index in [4.69, 9.17) is 0 Å². The highest BCUT2D eigenvalue weighted by molar-refractivity contribution is 7.19. The number of carbonyl (C=O) groups excluding carboxylic acids is 1. The third-order valence-electron chi connectivity index (χ3n) is 4.29. The molecule has 0 aliphatic rings. The molecule has 1 aromatic carbocycles. The van der Waals surface area contributed by atoms with Crippen LogP contribution < -0.4 is 5.32 Å². The van der Waals surface area contributed by atoms with Crippen molar-refractivity contribution in [2.75, 3.05) is 6.54 Å². The molecule has 1 atom stereocenters. The van der Waals surface area contributed by atoms with E-state index in [2.05, 4.69) is 10.4 Å². The quantitative estimate of drug-likeness (QED) is 0.765. The SMILES string of the molecule is Cc1nn(C)c(C)c1C(=O)NC[C@](C)(O)c1cc2ccccc2s1. The molecule has 24 heavy (non-hydrogen) atoms. The molecule has 5 nitrogen and oxygen atoms in total. The zero-order chi connectivity index (χ0) is 17.5. The molecule has 2 N–H and O–H groups in total. The largest absolute Gasteiger partial charge is 0.383 e. The number of rotatable bonds is 4. The van der Waals surface area contributed by atoms with Crippen LogP contribution in [0.4, 0.5) is 0 Å². The Bertz CT molecular complexity index is 875. The number of hydrogen-bond donors (Lipinski definition) is 2. The fraction of sp³-hybridized carbons (Fsp3) is 0.333. The van der Waals surface area contributed by atoms with Gasteiger partial charge in [-0.2, -0.15) is 5.10 Å². The maximum absolute atomic E-state index is 12.5. The molecule has 0 spiro atoms. The zero-order valence-corrected chi connectivity index (χ0v) is 15.1. The molecule has 0 unspecified atom stereocenters. The summed E-state index contributed by atoms with van der Waals surface area (Å²) in [5.41, 5.74) is 0.953. The Morgan fingerprint density at radius 2 is 2.08 bits per heavy atom. The van der Waals surface area contributed by atoms with Crippen molar-refractivity contribution >= 4 is 27.3 Å². The fourth-order valence-corrected chi connectivity index (χ4v) is 3.88. The molecule has 0 bridgehead atoms. The van der Waals surface area contributed by atoms with E-state index >= 15 is 0 Å². The number of hydrogen-bond acceptors (Lipinski definition) is 4. The maximum Gasteiger partial charge on any atom is 0.255 e. The van der Waals surface area contributed by atoms with Crippen LogP contribution in [0.2, 0.25) is 0 Å². The third-order valence-corrected chi connectivity index (χ3v) is 5.65. The molecule has 6 heteroatoms. The first-order valence-corrected chi connectivity index (χ1v) is 8.61. The van der Waals surface area contributed by atoms with Crippen molar-refractivity contribution in [1.29, 1.82) is 0 Å². The lowest BCUT2D eigenvalue weighted by Crippen LogP contribution is -2.38. The fourth-order valence-electron chi connectivity index (χ4n) is 2.78. The summed E-state index contributed by atoms with van der Waals surface area (Å²) in [7, 11) is 1.81. The highest BCUT2D eigenvalue weighted by Gasteiger charge is 2.27. The lowest BCUT2D eigenvalue weighted by molar-refractivity contribution is 0.0557. The lowest BCUT2D eigenvalue weighted by Gasteiger charge is -2.22. The van der Waals surface area contributed by atoms with E-state index in [1.54, 1.807) is 22.9 Å². The molecule has 2 aromatic heterocycles. The second-order valence-corrected chi connectivity index (χ2v) is 7.36. The van der Waals surface area contributed by atoms with Crippen molar-refractivity contribution in [3.05, 3.63) is 52.2 Å². The van der Waals surface area contributed by atoms with Crippen LogP contribution in [0.25, 0.3) is 10.1 Å². The lowest BCUT2D eigenvalue weighted by atomic mass is 10.0. The summed E-state index contributed by atoms with van der Waals surface area (Å²) in [5.74, 6) is -0.209. The molecule has 0 aliphatic carbocycles. The molecule has 3 rings (SSSR count). The Balaban J connectivity index is 1.78. The average molecular weight is 343 g/mol. The Morgan fingerprint density at radius 3 is 2.71 bits per heavy atom. The van der Waals surface area contributed by atoms with E-state index in [9.17, 15) is 9.90 Å². The Hall–Kier alpha value is -2.18. The molecule has 2 heterocycles. The topological polar surface area (TPSA) is 67.2 Å². The summed E-state index contributed by atoms with van der Waals surface area (Å²) in [4.78, 5) is 13.3. The maximum atomic E-state index is 12.5. The van der Waals surface area contributed by atoms with Gasteiger partial charge >= 0.3 is 0 Å². The highest BCUT2D eigenvalue weighted by Crippen LogP contribution is 2.32. The monoisotopic (exact) mass is 343 g/mol. The molecule has 1 amide bonds. The minimum Gasteiger partial charge on any atom is -0.383 e. The number of amides is 1. The summed E-state index contributed by atoms with van der Waals surface area (Å²) in [5, 5.41) is 19.0. The van der Waals surface area contributed by atoms with Crippen molar-refractivity contribution in [3.8, 4) is 0 Å². The zero-order valence-electron chi connectivity index (χ0n) is 14.3. The van der Waals surface area contributed by atoms with Crippen LogP contribution in [-0.4, -0.2) is 27.3 Å². The number of nitrogens with one attached hydrogen (secondary N) is 1. The van der Waals surface area contributed by atoms with E-state index < -0.39 is 5.60 Å². The molecular formula is C18H21N3O2S. The first kappa shape index (κ1) is 16.7. The van der Waals surface area contributed by atoms with Gasteiger partial charge in [0.15, 0.2) is 0 Å². The van der Waals surface area contributed by atoms with Gasteiger partial charge in [-0.15, -0.1) is 11.3 Å². The first-order valence-electron chi connectivity index (χ1n) is 7.79. The van der Waals surface area contributed by atoms with Crippen LogP contribution in [-0.2, 0) is 12.6 Å². The molecule has 0 saturated heterocycles. The van der Waals surface area contributed by atoms with Gasteiger partial charge in [0.05, 0.1) is 17.8 Å². The Labute approximate surface area is 144 Å². The second-order valence-electron chi connectivity index (χ2n) is 6.27. The van der Waals surface area contributed by atoms with Gasteiger partial charge in [0, 0.05) is 22.3 Å². The number of fused-ring (bicyclic) bond motifs is 1. The van der Waals surface area contributed by atoms with E-state index in [0.29, 0.717) is 11.3 Å². The predicted molar refractivity (Wildman–Crippen MR) is 96.4 cm³/mol.